The molecule has 0 spiro atoms. The van der Waals surface area contributed by atoms with E-state index in [2.05, 4.69) is 31.0 Å². The maximum absolute atomic E-state index is 15.3. The number of halogens is 6. The number of rotatable bonds is 3. The van der Waals surface area contributed by atoms with Gasteiger partial charge in [0.1, 0.15) is 5.52 Å². The van der Waals surface area contributed by atoms with Crippen LogP contribution in [-0.4, -0.2) is 45.7 Å². The molecule has 0 radical (unpaired) electrons. The van der Waals surface area contributed by atoms with Gasteiger partial charge in [-0.05, 0) is 51.5 Å². The average molecular weight is 676 g/mol. The first kappa shape index (κ1) is 29.7. The van der Waals surface area contributed by atoms with E-state index < -0.39 is 40.9 Å². The highest BCUT2D eigenvalue weighted by atomic mass is 79.9. The van der Waals surface area contributed by atoms with Crippen molar-refractivity contribution >= 4 is 32.9 Å². The van der Waals surface area contributed by atoms with E-state index in [1.807, 2.05) is 0 Å². The summed E-state index contributed by atoms with van der Waals surface area (Å²) in [5.74, 6) is -2.12. The lowest BCUT2D eigenvalue weighted by Crippen LogP contribution is -2.46. The summed E-state index contributed by atoms with van der Waals surface area (Å²) in [6, 6.07) is 5.26. The van der Waals surface area contributed by atoms with Crippen LogP contribution in [0.3, 0.4) is 0 Å². The quantitative estimate of drug-likeness (QED) is 0.233. The Bertz CT molecular complexity index is 2060. The minimum atomic E-state index is -4.69. The third-order valence-electron chi connectivity index (χ3n) is 7.78. The molecule has 0 bridgehead atoms. The second-order valence-electron chi connectivity index (χ2n) is 10.7. The summed E-state index contributed by atoms with van der Waals surface area (Å²) in [5, 5.41) is 4.22. The number of hydrogen-bond donors (Lipinski definition) is 0. The summed E-state index contributed by atoms with van der Waals surface area (Å²) in [4.78, 5) is 37.9. The molecule has 0 aliphatic carbocycles. The lowest BCUT2D eigenvalue weighted by Gasteiger charge is -2.34. The van der Waals surface area contributed by atoms with Crippen LogP contribution < -0.4 is 5.56 Å². The summed E-state index contributed by atoms with van der Waals surface area (Å²) in [6.07, 6.45) is -3.25. The number of carbonyl (C=O) groups excluding carboxylic acids is 1. The Labute approximate surface area is 254 Å². The van der Waals surface area contributed by atoms with E-state index in [1.165, 1.54) is 41.8 Å². The molecular formula is C29H23BrF5N7O2. The van der Waals surface area contributed by atoms with Gasteiger partial charge in [0.15, 0.2) is 11.6 Å². The third kappa shape index (κ3) is 4.69. The number of aromatic nitrogens is 6. The Morgan fingerprint density at radius 1 is 1.11 bits per heavy atom. The Hall–Kier alpha value is -4.40. The molecular weight excluding hydrogens is 653 g/mol. The zero-order valence-electron chi connectivity index (χ0n) is 23.7. The predicted octanol–water partition coefficient (Wildman–Crippen LogP) is 5.57. The number of hydrogen-bond acceptors (Lipinski definition) is 5. The van der Waals surface area contributed by atoms with Gasteiger partial charge >= 0.3 is 6.18 Å². The summed E-state index contributed by atoms with van der Waals surface area (Å²) in [7, 11) is 1.63. The molecule has 228 valence electrons. The van der Waals surface area contributed by atoms with Crippen molar-refractivity contribution in [3.8, 4) is 11.6 Å². The fraction of sp³-hybridized carbons (Fsp3) is 0.276. The van der Waals surface area contributed by atoms with Crippen LogP contribution >= 0.6 is 15.9 Å². The molecule has 0 N–H and O–H groups in total. The smallest absolute Gasteiger partial charge is 0.331 e. The van der Waals surface area contributed by atoms with Crippen molar-refractivity contribution < 1.29 is 26.7 Å². The predicted molar refractivity (Wildman–Crippen MR) is 153 cm³/mol. The topological polar surface area (TPSA) is 90.8 Å². The minimum absolute atomic E-state index is 0.00956. The standard InChI is InChI=1S/C29H23BrF5N7O2/c1-13-7-18-23(11-40(13)26(43)16-5-6-20(30)19(8-16)29(33,34)35)37-28(42-15(3)24(32)14(2)38-42)41(27(18)44)17-9-21(31)25-22(10-17)36-12-39(25)4/h5-6,8-10,12-13H,7,11H2,1-4H3/t13-/m1/s1. The van der Waals surface area contributed by atoms with Crippen molar-refractivity contribution in [3.05, 3.63) is 96.9 Å². The average Bonchev–Trinajstić information content (AvgIpc) is 3.46. The van der Waals surface area contributed by atoms with Gasteiger partial charge in [-0.2, -0.15) is 18.3 Å². The van der Waals surface area contributed by atoms with Crippen molar-refractivity contribution in [1.82, 2.24) is 33.8 Å². The molecule has 0 fully saturated rings. The molecule has 4 heterocycles. The summed E-state index contributed by atoms with van der Waals surface area (Å²) < 4.78 is 74.3. The van der Waals surface area contributed by atoms with Crippen LogP contribution in [0.25, 0.3) is 22.7 Å². The highest BCUT2D eigenvalue weighted by Gasteiger charge is 2.36. The normalized spacial score (nSPS) is 15.2. The maximum atomic E-state index is 15.3. The third-order valence-corrected chi connectivity index (χ3v) is 8.47. The zero-order chi connectivity index (χ0) is 31.8. The zero-order valence-corrected chi connectivity index (χ0v) is 25.3. The molecule has 1 atom stereocenters. The van der Waals surface area contributed by atoms with Crippen LogP contribution in [0.15, 0.2) is 45.9 Å². The molecule has 1 aliphatic heterocycles. The van der Waals surface area contributed by atoms with E-state index in [-0.39, 0.29) is 68.3 Å². The molecule has 1 amide bonds. The van der Waals surface area contributed by atoms with Crippen molar-refractivity contribution in [2.45, 2.75) is 46.0 Å². The molecule has 9 nitrogen and oxygen atoms in total. The number of alkyl halides is 3. The van der Waals surface area contributed by atoms with Gasteiger partial charge in [0, 0.05) is 34.8 Å². The number of fused-ring (bicyclic) bond motifs is 2. The largest absolute Gasteiger partial charge is 0.417 e. The SMILES string of the molecule is Cc1nn(-c2nc3c(c(=O)n2-c2cc(F)c4c(c2)ncn4C)C[C@@H](C)N(C(=O)c2ccc(Br)c(C(F)(F)F)c2)C3)c(C)c1F. The molecule has 6 rings (SSSR count). The van der Waals surface area contributed by atoms with Gasteiger partial charge in [-0.25, -0.2) is 28.0 Å². The van der Waals surface area contributed by atoms with E-state index in [4.69, 9.17) is 0 Å². The molecule has 0 saturated carbocycles. The molecule has 0 saturated heterocycles. The first-order valence-electron chi connectivity index (χ1n) is 13.3. The van der Waals surface area contributed by atoms with Crippen molar-refractivity contribution in [1.29, 1.82) is 0 Å². The van der Waals surface area contributed by atoms with Crippen LogP contribution in [0.2, 0.25) is 0 Å². The van der Waals surface area contributed by atoms with Gasteiger partial charge in [0.05, 0.1) is 46.7 Å². The van der Waals surface area contributed by atoms with Gasteiger partial charge in [-0.3, -0.25) is 9.59 Å². The van der Waals surface area contributed by atoms with E-state index in [1.54, 1.807) is 14.0 Å². The monoisotopic (exact) mass is 675 g/mol. The Morgan fingerprint density at radius 2 is 1.84 bits per heavy atom. The van der Waals surface area contributed by atoms with Gasteiger partial charge in [0.2, 0.25) is 5.95 Å². The van der Waals surface area contributed by atoms with Crippen LogP contribution in [0.1, 0.15) is 45.5 Å². The molecule has 44 heavy (non-hydrogen) atoms. The van der Waals surface area contributed by atoms with Gasteiger partial charge in [0.25, 0.3) is 11.5 Å². The molecule has 2 aromatic carbocycles. The van der Waals surface area contributed by atoms with Crippen LogP contribution in [0.4, 0.5) is 22.0 Å². The van der Waals surface area contributed by atoms with Crippen LogP contribution in [0, 0.1) is 25.5 Å². The Balaban J connectivity index is 1.52. The fourth-order valence-corrected chi connectivity index (χ4v) is 5.98. The second-order valence-corrected chi connectivity index (χ2v) is 11.6. The molecule has 0 unspecified atom stereocenters. The first-order chi connectivity index (χ1) is 20.7. The molecule has 15 heteroatoms. The van der Waals surface area contributed by atoms with E-state index in [0.717, 1.165) is 27.4 Å². The van der Waals surface area contributed by atoms with Gasteiger partial charge in [-0.1, -0.05) is 15.9 Å². The minimum Gasteiger partial charge on any atom is -0.331 e. The Morgan fingerprint density at radius 3 is 2.50 bits per heavy atom. The summed E-state index contributed by atoms with van der Waals surface area (Å²) in [5.41, 5.74) is -0.750. The van der Waals surface area contributed by atoms with Crippen LogP contribution in [0.5, 0.6) is 0 Å². The van der Waals surface area contributed by atoms with E-state index in [0.29, 0.717) is 0 Å². The van der Waals surface area contributed by atoms with Crippen LogP contribution in [-0.2, 0) is 26.2 Å². The summed E-state index contributed by atoms with van der Waals surface area (Å²) in [6.45, 7) is 4.33. The van der Waals surface area contributed by atoms with Crippen molar-refractivity contribution in [2.75, 3.05) is 0 Å². The highest BCUT2D eigenvalue weighted by Crippen LogP contribution is 2.36. The number of benzene rings is 2. The number of imidazole rings is 1. The molecule has 5 aromatic rings. The summed E-state index contributed by atoms with van der Waals surface area (Å²) >= 11 is 2.88. The highest BCUT2D eigenvalue weighted by molar-refractivity contribution is 9.10. The number of amides is 1. The van der Waals surface area contributed by atoms with Crippen molar-refractivity contribution in [3.63, 3.8) is 0 Å². The first-order valence-corrected chi connectivity index (χ1v) is 14.1. The molecule has 3 aromatic heterocycles. The number of carbonyl (C=O) groups is 1. The maximum Gasteiger partial charge on any atom is 0.417 e. The number of nitrogens with zero attached hydrogens (tertiary/aromatic N) is 7. The Kier molecular flexibility index (Phi) is 6.98. The number of aryl methyl sites for hydroxylation is 2. The van der Waals surface area contributed by atoms with E-state index >= 15 is 4.39 Å². The van der Waals surface area contributed by atoms with Gasteiger partial charge in [-0.15, -0.1) is 0 Å². The van der Waals surface area contributed by atoms with E-state index in [9.17, 15) is 27.2 Å². The second kappa shape index (κ2) is 10.4. The van der Waals surface area contributed by atoms with Crippen molar-refractivity contribution in [2.24, 2.45) is 7.05 Å². The fourth-order valence-electron chi connectivity index (χ4n) is 5.51. The lowest BCUT2D eigenvalue weighted by atomic mass is 9.98. The van der Waals surface area contributed by atoms with Gasteiger partial charge < -0.3 is 9.47 Å². The molecule has 1 aliphatic rings. The lowest BCUT2D eigenvalue weighted by molar-refractivity contribution is -0.138.